The second kappa shape index (κ2) is 5.96. The lowest BCUT2D eigenvalue weighted by atomic mass is 9.92. The fourth-order valence-corrected chi connectivity index (χ4v) is 3.99. The first-order valence-corrected chi connectivity index (χ1v) is 8.35. The molecule has 1 fully saturated rings. The summed E-state index contributed by atoms with van der Waals surface area (Å²) in [4.78, 5) is 25.3. The minimum atomic E-state index is -1.06. The first-order chi connectivity index (χ1) is 10.5. The number of aryl methyl sites for hydroxylation is 1. The molecule has 0 aromatic carbocycles. The molecule has 3 rings (SSSR count). The fourth-order valence-electron chi connectivity index (χ4n) is 2.76. The molecule has 0 radical (unpaired) electrons. The Morgan fingerprint density at radius 1 is 1.50 bits per heavy atom. The van der Waals surface area contributed by atoms with Gasteiger partial charge in [0.25, 0.3) is 0 Å². The van der Waals surface area contributed by atoms with Crippen molar-refractivity contribution < 1.29 is 18.7 Å². The van der Waals surface area contributed by atoms with E-state index in [1.165, 1.54) is 11.3 Å². The number of carbonyl (C=O) groups excluding carboxylic acids is 2. The smallest absolute Gasteiger partial charge is 0.341 e. The number of rotatable bonds is 4. The molecule has 22 heavy (non-hydrogen) atoms. The molecule has 0 aliphatic heterocycles. The van der Waals surface area contributed by atoms with Gasteiger partial charge in [-0.15, -0.1) is 11.3 Å². The van der Waals surface area contributed by atoms with E-state index in [0.717, 1.165) is 23.3 Å². The van der Waals surface area contributed by atoms with Gasteiger partial charge in [-0.1, -0.05) is 0 Å². The number of halogens is 1. The molecule has 2 aliphatic carbocycles. The maximum absolute atomic E-state index is 13.0. The Kier molecular flexibility index (Phi) is 4.18. The monoisotopic (exact) mass is 326 g/mol. The number of fused-ring (bicyclic) bond motifs is 1. The summed E-state index contributed by atoms with van der Waals surface area (Å²) in [6.45, 7) is 2.00. The zero-order valence-electron chi connectivity index (χ0n) is 12.4. The van der Waals surface area contributed by atoms with Crippen LogP contribution in [0, 0.1) is 5.92 Å². The van der Waals surface area contributed by atoms with Gasteiger partial charge >= 0.3 is 5.97 Å². The number of amides is 1. The average Bonchev–Trinajstić information content (AvgIpc) is 3.09. The Labute approximate surface area is 132 Å². The minimum Gasteiger partial charge on any atom is -0.462 e. The van der Waals surface area contributed by atoms with Gasteiger partial charge in [0.1, 0.15) is 11.2 Å². The molecule has 1 heterocycles. The minimum absolute atomic E-state index is 0.0116. The van der Waals surface area contributed by atoms with Crippen LogP contribution in [0.25, 0.3) is 0 Å². The highest BCUT2D eigenvalue weighted by molar-refractivity contribution is 7.17. The van der Waals surface area contributed by atoms with Gasteiger partial charge in [-0.05, 0) is 38.2 Å². The Hall–Kier alpha value is -1.47. The summed E-state index contributed by atoms with van der Waals surface area (Å²) in [6.07, 6.45) is 1.45. The van der Waals surface area contributed by atoms with Gasteiger partial charge in [0, 0.05) is 10.9 Å². The normalized spacial score (nSPS) is 26.2. The van der Waals surface area contributed by atoms with Gasteiger partial charge in [-0.25, -0.2) is 9.18 Å². The molecule has 2 aliphatic rings. The number of thiophene rings is 1. The molecule has 1 aromatic rings. The summed E-state index contributed by atoms with van der Waals surface area (Å²) >= 11 is 1.38. The highest BCUT2D eigenvalue weighted by Crippen LogP contribution is 2.40. The summed E-state index contributed by atoms with van der Waals surface area (Å²) < 4.78 is 18.1. The van der Waals surface area contributed by atoms with E-state index in [1.54, 1.807) is 6.92 Å². The molecular formula is C15H19FN2O3S. The van der Waals surface area contributed by atoms with Crippen LogP contribution < -0.4 is 11.1 Å². The third-order valence-corrected chi connectivity index (χ3v) is 5.27. The van der Waals surface area contributed by atoms with Gasteiger partial charge in [0.2, 0.25) is 5.91 Å². The Morgan fingerprint density at radius 2 is 2.23 bits per heavy atom. The molecule has 0 unspecified atom stereocenters. The molecule has 1 aromatic heterocycles. The number of anilines is 1. The van der Waals surface area contributed by atoms with E-state index >= 15 is 0 Å². The number of alkyl halides is 1. The van der Waals surface area contributed by atoms with Crippen LogP contribution in [0.3, 0.4) is 0 Å². The summed E-state index contributed by atoms with van der Waals surface area (Å²) in [6, 6.07) is 0.0116. The second-order valence-corrected chi connectivity index (χ2v) is 6.88. The van der Waals surface area contributed by atoms with Gasteiger partial charge in [0.15, 0.2) is 0 Å². The summed E-state index contributed by atoms with van der Waals surface area (Å²) in [7, 11) is 0. The predicted molar refractivity (Wildman–Crippen MR) is 81.9 cm³/mol. The predicted octanol–water partition coefficient (Wildman–Crippen LogP) is 2.04. The van der Waals surface area contributed by atoms with Crippen molar-refractivity contribution in [2.24, 2.45) is 11.7 Å². The van der Waals surface area contributed by atoms with Crippen molar-refractivity contribution in [3.63, 3.8) is 0 Å². The van der Waals surface area contributed by atoms with E-state index in [1.807, 2.05) is 0 Å². The number of ether oxygens (including phenoxy) is 1. The van der Waals surface area contributed by atoms with E-state index < -0.39 is 18.1 Å². The lowest BCUT2D eigenvalue weighted by Crippen LogP contribution is -2.28. The molecule has 1 amide bonds. The van der Waals surface area contributed by atoms with Gasteiger partial charge in [-0.2, -0.15) is 0 Å². The average molecular weight is 326 g/mol. The molecule has 3 atom stereocenters. The molecule has 120 valence electrons. The van der Waals surface area contributed by atoms with Crippen LogP contribution in [0.5, 0.6) is 0 Å². The van der Waals surface area contributed by atoms with Crippen LogP contribution in [0.4, 0.5) is 9.39 Å². The zero-order chi connectivity index (χ0) is 15.9. The van der Waals surface area contributed by atoms with E-state index in [0.29, 0.717) is 17.0 Å². The number of nitrogens with one attached hydrogen (secondary N) is 1. The highest BCUT2D eigenvalue weighted by atomic mass is 32.1. The maximum Gasteiger partial charge on any atom is 0.341 e. The highest BCUT2D eigenvalue weighted by Gasteiger charge is 2.44. The number of carbonyl (C=O) groups is 2. The molecule has 1 saturated carbocycles. The quantitative estimate of drug-likeness (QED) is 0.830. The van der Waals surface area contributed by atoms with Crippen LogP contribution >= 0.6 is 11.3 Å². The lowest BCUT2D eigenvalue weighted by molar-refractivity contribution is -0.117. The van der Waals surface area contributed by atoms with E-state index in [-0.39, 0.29) is 25.0 Å². The van der Waals surface area contributed by atoms with Gasteiger partial charge in [0.05, 0.1) is 18.1 Å². The zero-order valence-corrected chi connectivity index (χ0v) is 13.2. The first kappa shape index (κ1) is 15.4. The molecular weight excluding hydrogens is 307 g/mol. The van der Waals surface area contributed by atoms with Crippen molar-refractivity contribution in [3.05, 3.63) is 16.0 Å². The van der Waals surface area contributed by atoms with Crippen molar-refractivity contribution in [3.8, 4) is 0 Å². The number of nitrogens with two attached hydrogens (primary N) is 1. The molecule has 3 N–H and O–H groups in total. The standard InChI is InChI=1S/C15H19FN2O3S/c1-2-21-15(20)12-9-5-7(17)3-4-11(9)22-14(12)18-13(19)8-6-10(8)16/h7-8,10H,2-6,17H2,1H3,(H,18,19)/t7-,8-,10+/m0/s1. The van der Waals surface area contributed by atoms with E-state index in [4.69, 9.17) is 10.5 Å². The molecule has 5 nitrogen and oxygen atoms in total. The van der Waals surface area contributed by atoms with Gasteiger partial charge < -0.3 is 15.8 Å². The SMILES string of the molecule is CCOC(=O)c1c(NC(=O)[C@H]2C[C@H]2F)sc2c1C[C@@H](N)CC2. The molecule has 0 bridgehead atoms. The maximum atomic E-state index is 13.0. The second-order valence-electron chi connectivity index (χ2n) is 5.78. The van der Waals surface area contributed by atoms with Crippen LogP contribution in [0.2, 0.25) is 0 Å². The number of hydrogen-bond donors (Lipinski definition) is 2. The van der Waals surface area contributed by atoms with Crippen molar-refractivity contribution in [2.45, 2.75) is 44.8 Å². The van der Waals surface area contributed by atoms with Crippen LogP contribution in [0.1, 0.15) is 40.6 Å². The van der Waals surface area contributed by atoms with Crippen molar-refractivity contribution in [1.82, 2.24) is 0 Å². The summed E-state index contributed by atoms with van der Waals surface area (Å²) in [5.74, 6) is -1.39. The third-order valence-electron chi connectivity index (χ3n) is 4.06. The topological polar surface area (TPSA) is 81.4 Å². The third kappa shape index (κ3) is 2.87. The first-order valence-electron chi connectivity index (χ1n) is 7.53. The number of esters is 1. The van der Waals surface area contributed by atoms with E-state index in [2.05, 4.69) is 5.32 Å². The summed E-state index contributed by atoms with van der Waals surface area (Å²) in [5, 5.41) is 3.19. The van der Waals surface area contributed by atoms with Crippen LogP contribution in [-0.2, 0) is 22.4 Å². The van der Waals surface area contributed by atoms with Gasteiger partial charge in [-0.3, -0.25) is 4.79 Å². The molecule has 0 spiro atoms. The summed E-state index contributed by atoms with van der Waals surface area (Å²) in [5.41, 5.74) is 7.28. The van der Waals surface area contributed by atoms with Crippen LogP contribution in [-0.4, -0.2) is 30.7 Å². The molecule has 0 saturated heterocycles. The fraction of sp³-hybridized carbons (Fsp3) is 0.600. The number of hydrogen-bond acceptors (Lipinski definition) is 5. The van der Waals surface area contributed by atoms with Crippen molar-refractivity contribution >= 4 is 28.2 Å². The Bertz CT molecular complexity index is 616. The van der Waals surface area contributed by atoms with Crippen LogP contribution in [0.15, 0.2) is 0 Å². The van der Waals surface area contributed by atoms with E-state index in [9.17, 15) is 14.0 Å². The Balaban J connectivity index is 1.90. The Morgan fingerprint density at radius 3 is 2.86 bits per heavy atom. The molecule has 7 heteroatoms. The van der Waals surface area contributed by atoms with Crippen molar-refractivity contribution in [2.75, 3.05) is 11.9 Å². The lowest BCUT2D eigenvalue weighted by Gasteiger charge is -2.18. The van der Waals surface area contributed by atoms with Crippen molar-refractivity contribution in [1.29, 1.82) is 0 Å². The largest absolute Gasteiger partial charge is 0.462 e.